The van der Waals surface area contributed by atoms with Crippen molar-refractivity contribution in [3.8, 4) is 0 Å². The van der Waals surface area contributed by atoms with Crippen molar-refractivity contribution in [1.82, 2.24) is 10.2 Å². The number of halogens is 5. The van der Waals surface area contributed by atoms with E-state index < -0.39 is 18.0 Å². The van der Waals surface area contributed by atoms with Crippen LogP contribution in [0.15, 0.2) is 0 Å². The number of carbonyl (C=O) groups excluding carboxylic acids is 1. The highest BCUT2D eigenvalue weighted by atomic mass is 19.4. The number of nitrogens with zero attached hydrogens (tertiary/aromatic N) is 1. The van der Waals surface area contributed by atoms with Gasteiger partial charge in [0.1, 0.15) is 0 Å². The number of amides is 1. The quantitative estimate of drug-likeness (QED) is 0.583. The molecule has 1 amide bonds. The Morgan fingerprint density at radius 1 is 1.12 bits per heavy atom. The van der Waals surface area contributed by atoms with E-state index >= 15 is 0 Å². The Hall–Kier alpha value is -0.920. The van der Waals surface area contributed by atoms with Crippen molar-refractivity contribution < 1.29 is 26.7 Å². The molecule has 0 aliphatic heterocycles. The minimum atomic E-state index is -5.85. The van der Waals surface area contributed by atoms with Gasteiger partial charge in [0.15, 0.2) is 0 Å². The van der Waals surface area contributed by atoms with E-state index in [0.717, 1.165) is 0 Å². The molecule has 0 aromatic rings. The van der Waals surface area contributed by atoms with Gasteiger partial charge in [-0.2, -0.15) is 22.0 Å². The van der Waals surface area contributed by atoms with Crippen LogP contribution in [0.4, 0.5) is 22.0 Å². The van der Waals surface area contributed by atoms with Crippen molar-refractivity contribution in [1.29, 1.82) is 0 Å². The molecule has 0 aromatic carbocycles. The molecule has 0 heterocycles. The van der Waals surface area contributed by atoms with Crippen LogP contribution in [0.3, 0.4) is 0 Å². The Kier molecular flexibility index (Phi) is 5.80. The number of hydrogen-bond acceptors (Lipinski definition) is 2. The first-order valence-corrected chi connectivity index (χ1v) is 4.96. The van der Waals surface area contributed by atoms with Crippen molar-refractivity contribution >= 4 is 5.91 Å². The van der Waals surface area contributed by atoms with Crippen molar-refractivity contribution in [3.63, 3.8) is 0 Å². The third kappa shape index (κ3) is 5.29. The molecular weight excluding hydrogens is 247 g/mol. The van der Waals surface area contributed by atoms with Gasteiger partial charge in [-0.1, -0.05) is 0 Å². The Labute approximate surface area is 96.0 Å². The van der Waals surface area contributed by atoms with E-state index in [4.69, 9.17) is 0 Å². The van der Waals surface area contributed by atoms with Crippen LogP contribution in [-0.2, 0) is 4.79 Å². The first kappa shape index (κ1) is 16.1. The Morgan fingerprint density at radius 2 is 1.65 bits per heavy atom. The first-order chi connectivity index (χ1) is 7.59. The largest absolute Gasteiger partial charge is 0.463 e. The van der Waals surface area contributed by atoms with E-state index in [1.165, 1.54) is 0 Å². The minimum Gasteiger partial charge on any atom is -0.351 e. The number of alkyl halides is 5. The molecule has 0 aliphatic carbocycles. The lowest BCUT2D eigenvalue weighted by atomic mass is 10.2. The molecular formula is C9H15F5N2O. The van der Waals surface area contributed by atoms with E-state index in [2.05, 4.69) is 0 Å². The number of carbonyl (C=O) groups is 1. The third-order valence-corrected chi connectivity index (χ3v) is 1.96. The third-order valence-electron chi connectivity index (χ3n) is 1.96. The molecule has 0 aromatic heterocycles. The molecule has 17 heavy (non-hydrogen) atoms. The fraction of sp³-hybridized carbons (Fsp3) is 0.889. The van der Waals surface area contributed by atoms with Crippen LogP contribution in [0.5, 0.6) is 0 Å². The van der Waals surface area contributed by atoms with E-state index in [1.54, 1.807) is 19.4 Å². The summed E-state index contributed by atoms with van der Waals surface area (Å²) in [6.45, 7) is 0.476. The molecule has 0 unspecified atom stereocenters. The van der Waals surface area contributed by atoms with Gasteiger partial charge in [-0.3, -0.25) is 4.79 Å². The highest BCUT2D eigenvalue weighted by Crippen LogP contribution is 2.35. The van der Waals surface area contributed by atoms with E-state index in [9.17, 15) is 26.7 Å². The molecule has 0 fully saturated rings. The standard InChI is InChI=1S/C9H15F5N2O/c1-16(2)6-4-3-5-15-7(17)8(10,11)9(12,13)14/h3-6H2,1-2H3,(H,15,17). The zero-order valence-corrected chi connectivity index (χ0v) is 9.57. The van der Waals surface area contributed by atoms with E-state index in [0.29, 0.717) is 19.4 Å². The van der Waals surface area contributed by atoms with Crippen molar-refractivity contribution in [2.24, 2.45) is 0 Å². The summed E-state index contributed by atoms with van der Waals surface area (Å²) in [7, 11) is 3.60. The molecule has 102 valence electrons. The molecule has 3 nitrogen and oxygen atoms in total. The summed E-state index contributed by atoms with van der Waals surface area (Å²) in [6, 6.07) is 0. The molecule has 0 aliphatic rings. The van der Waals surface area contributed by atoms with Gasteiger partial charge < -0.3 is 10.2 Å². The van der Waals surface area contributed by atoms with Gasteiger partial charge in [0.05, 0.1) is 0 Å². The SMILES string of the molecule is CN(C)CCCCNC(=O)C(F)(F)C(F)(F)F. The average molecular weight is 262 g/mol. The van der Waals surface area contributed by atoms with Gasteiger partial charge >= 0.3 is 12.1 Å². The van der Waals surface area contributed by atoms with Gasteiger partial charge in [0.25, 0.3) is 5.91 Å². The lowest BCUT2D eigenvalue weighted by molar-refractivity contribution is -0.269. The molecule has 0 saturated heterocycles. The van der Waals surface area contributed by atoms with Gasteiger partial charge in [0, 0.05) is 6.54 Å². The minimum absolute atomic E-state index is 0.196. The Morgan fingerprint density at radius 3 is 2.06 bits per heavy atom. The normalized spacial score (nSPS) is 12.9. The molecule has 0 bridgehead atoms. The van der Waals surface area contributed by atoms with Gasteiger partial charge in [-0.15, -0.1) is 0 Å². The highest BCUT2D eigenvalue weighted by Gasteiger charge is 2.63. The maximum atomic E-state index is 12.4. The van der Waals surface area contributed by atoms with Crippen LogP contribution in [0.2, 0.25) is 0 Å². The van der Waals surface area contributed by atoms with Crippen LogP contribution >= 0.6 is 0 Å². The monoisotopic (exact) mass is 262 g/mol. The van der Waals surface area contributed by atoms with E-state index in [-0.39, 0.29) is 6.54 Å². The first-order valence-electron chi connectivity index (χ1n) is 4.96. The highest BCUT2D eigenvalue weighted by molar-refractivity contribution is 5.84. The van der Waals surface area contributed by atoms with Crippen molar-refractivity contribution in [3.05, 3.63) is 0 Å². The second-order valence-electron chi connectivity index (χ2n) is 3.84. The molecule has 0 rings (SSSR count). The second kappa shape index (κ2) is 6.13. The topological polar surface area (TPSA) is 32.3 Å². The molecule has 8 heteroatoms. The average Bonchev–Trinajstić information content (AvgIpc) is 2.14. The maximum Gasteiger partial charge on any atom is 0.463 e. The Bertz CT molecular complexity index is 252. The van der Waals surface area contributed by atoms with Crippen LogP contribution in [0.1, 0.15) is 12.8 Å². The summed E-state index contributed by atoms with van der Waals surface area (Å²) in [5.41, 5.74) is 0. The summed E-state index contributed by atoms with van der Waals surface area (Å²) in [5.74, 6) is -7.62. The predicted octanol–water partition coefficient (Wildman–Crippen LogP) is 1.64. The number of rotatable bonds is 6. The summed E-state index contributed by atoms with van der Waals surface area (Å²) < 4.78 is 60.1. The molecule has 0 spiro atoms. The molecule has 0 atom stereocenters. The summed E-state index contributed by atoms with van der Waals surface area (Å²) in [6.07, 6.45) is -4.90. The lowest BCUT2D eigenvalue weighted by Crippen LogP contribution is -2.50. The fourth-order valence-electron chi connectivity index (χ4n) is 0.995. The smallest absolute Gasteiger partial charge is 0.351 e. The van der Waals surface area contributed by atoms with Gasteiger partial charge in [-0.25, -0.2) is 0 Å². The molecule has 1 N–H and O–H groups in total. The van der Waals surface area contributed by atoms with Crippen molar-refractivity contribution in [2.75, 3.05) is 27.2 Å². The van der Waals surface area contributed by atoms with E-state index in [1.807, 2.05) is 4.90 Å². The summed E-state index contributed by atoms with van der Waals surface area (Å²) >= 11 is 0. The lowest BCUT2D eigenvalue weighted by Gasteiger charge is -2.18. The molecule has 0 radical (unpaired) electrons. The number of unbranched alkanes of at least 4 members (excludes halogenated alkanes) is 1. The number of hydrogen-bond donors (Lipinski definition) is 1. The Balaban J connectivity index is 3.95. The maximum absolute atomic E-state index is 12.4. The van der Waals surface area contributed by atoms with Crippen LogP contribution in [0, 0.1) is 0 Å². The van der Waals surface area contributed by atoms with Gasteiger partial charge in [-0.05, 0) is 33.5 Å². The predicted molar refractivity (Wildman–Crippen MR) is 51.8 cm³/mol. The number of nitrogens with one attached hydrogen (secondary N) is 1. The second-order valence-corrected chi connectivity index (χ2v) is 3.84. The fourth-order valence-corrected chi connectivity index (χ4v) is 0.995. The summed E-state index contributed by atoms with van der Waals surface area (Å²) in [5, 5.41) is 1.58. The zero-order chi connectivity index (χ0) is 13.7. The van der Waals surface area contributed by atoms with Gasteiger partial charge in [0.2, 0.25) is 0 Å². The van der Waals surface area contributed by atoms with Crippen LogP contribution in [0.25, 0.3) is 0 Å². The molecule has 0 saturated carbocycles. The van der Waals surface area contributed by atoms with Crippen LogP contribution < -0.4 is 5.32 Å². The van der Waals surface area contributed by atoms with Crippen molar-refractivity contribution in [2.45, 2.75) is 24.9 Å². The zero-order valence-electron chi connectivity index (χ0n) is 9.57. The summed E-state index contributed by atoms with van der Waals surface area (Å²) in [4.78, 5) is 12.5. The van der Waals surface area contributed by atoms with Crippen LogP contribution in [-0.4, -0.2) is 50.1 Å².